The Labute approximate surface area is 193 Å². The van der Waals surface area contributed by atoms with E-state index in [2.05, 4.69) is 35.4 Å². The van der Waals surface area contributed by atoms with Gasteiger partial charge >= 0.3 is 0 Å². The minimum absolute atomic E-state index is 0.649. The van der Waals surface area contributed by atoms with Gasteiger partial charge in [-0.2, -0.15) is 0 Å². The molecule has 164 valence electrons. The quantitative estimate of drug-likeness (QED) is 0.196. The molecule has 0 aliphatic rings. The van der Waals surface area contributed by atoms with Crippen molar-refractivity contribution in [2.24, 2.45) is 4.99 Å². The standard InChI is InChI=1S/C28H26N4O/c1-4-7-24(15-16-29-18-22-11-13-23(19-33)14-12-22)27-26(25-10-5-9-21(3)30-25)31-28-20(2)8-6-17-32(27)28/h5-19H,4H2,1-3H3/b16-15-,24-7+,29-18?. The van der Waals surface area contributed by atoms with E-state index in [0.717, 1.165) is 57.8 Å². The summed E-state index contributed by atoms with van der Waals surface area (Å²) < 4.78 is 2.13. The van der Waals surface area contributed by atoms with Crippen LogP contribution in [0.2, 0.25) is 0 Å². The molecule has 4 rings (SSSR count). The molecule has 5 heteroatoms. The highest BCUT2D eigenvalue weighted by atomic mass is 16.1. The van der Waals surface area contributed by atoms with Crippen LogP contribution in [0.5, 0.6) is 0 Å². The average molecular weight is 435 g/mol. The van der Waals surface area contributed by atoms with Gasteiger partial charge in [0, 0.05) is 29.9 Å². The number of aliphatic imine (C=N–C) groups is 1. The van der Waals surface area contributed by atoms with Gasteiger partial charge in [0.05, 0.1) is 11.4 Å². The number of fused-ring (bicyclic) bond motifs is 1. The van der Waals surface area contributed by atoms with Crippen molar-refractivity contribution in [3.63, 3.8) is 0 Å². The van der Waals surface area contributed by atoms with E-state index in [1.807, 2.05) is 55.6 Å². The Morgan fingerprint density at radius 3 is 2.52 bits per heavy atom. The molecule has 0 N–H and O–H groups in total. The first kappa shape index (κ1) is 22.1. The zero-order chi connectivity index (χ0) is 23.2. The Bertz CT molecular complexity index is 1380. The molecule has 0 spiro atoms. The molecule has 0 unspecified atom stereocenters. The number of carbonyl (C=O) groups is 1. The van der Waals surface area contributed by atoms with Crippen LogP contribution in [-0.4, -0.2) is 26.9 Å². The Morgan fingerprint density at radius 1 is 1.00 bits per heavy atom. The maximum absolute atomic E-state index is 10.8. The van der Waals surface area contributed by atoms with Gasteiger partial charge in [-0.1, -0.05) is 49.4 Å². The number of hydrogen-bond donors (Lipinski definition) is 0. The van der Waals surface area contributed by atoms with Crippen LogP contribution in [0.1, 0.15) is 46.2 Å². The number of nitrogens with zero attached hydrogens (tertiary/aromatic N) is 4. The molecular weight excluding hydrogens is 408 g/mol. The summed E-state index contributed by atoms with van der Waals surface area (Å²) in [4.78, 5) is 25.0. The second-order valence-electron chi connectivity index (χ2n) is 7.80. The smallest absolute Gasteiger partial charge is 0.150 e. The lowest BCUT2D eigenvalue weighted by atomic mass is 10.1. The van der Waals surface area contributed by atoms with Crippen molar-refractivity contribution in [3.8, 4) is 11.4 Å². The molecule has 0 aliphatic carbocycles. The first-order chi connectivity index (χ1) is 16.1. The largest absolute Gasteiger partial charge is 0.299 e. The van der Waals surface area contributed by atoms with Crippen molar-refractivity contribution in [1.29, 1.82) is 0 Å². The van der Waals surface area contributed by atoms with Crippen molar-refractivity contribution >= 4 is 23.7 Å². The summed E-state index contributed by atoms with van der Waals surface area (Å²) in [5, 5.41) is 0. The highest BCUT2D eigenvalue weighted by molar-refractivity contribution is 5.85. The number of rotatable bonds is 7. The zero-order valence-corrected chi connectivity index (χ0v) is 19.1. The molecule has 3 aromatic heterocycles. The zero-order valence-electron chi connectivity index (χ0n) is 19.1. The van der Waals surface area contributed by atoms with E-state index < -0.39 is 0 Å². The number of aryl methyl sites for hydroxylation is 2. The lowest BCUT2D eigenvalue weighted by molar-refractivity contribution is 0.112. The van der Waals surface area contributed by atoms with Gasteiger partial charge in [0.15, 0.2) is 0 Å². The summed E-state index contributed by atoms with van der Waals surface area (Å²) >= 11 is 0. The molecule has 0 bridgehead atoms. The van der Waals surface area contributed by atoms with Gasteiger partial charge in [-0.15, -0.1) is 0 Å². The molecule has 0 saturated heterocycles. The number of aldehydes is 1. The third-order valence-electron chi connectivity index (χ3n) is 5.31. The molecule has 5 nitrogen and oxygen atoms in total. The van der Waals surface area contributed by atoms with Crippen LogP contribution in [0.15, 0.2) is 84.1 Å². The fourth-order valence-electron chi connectivity index (χ4n) is 3.71. The number of benzene rings is 1. The van der Waals surface area contributed by atoms with Crippen LogP contribution in [0.25, 0.3) is 22.6 Å². The molecule has 1 aromatic carbocycles. The number of aromatic nitrogens is 3. The Balaban J connectivity index is 1.76. The second-order valence-corrected chi connectivity index (χ2v) is 7.80. The summed E-state index contributed by atoms with van der Waals surface area (Å²) in [5.41, 5.74) is 8.28. The van der Waals surface area contributed by atoms with Gasteiger partial charge in [-0.05, 0) is 61.2 Å². The Morgan fingerprint density at radius 2 is 1.79 bits per heavy atom. The monoisotopic (exact) mass is 434 g/mol. The van der Waals surface area contributed by atoms with Gasteiger partial charge in [0.25, 0.3) is 0 Å². The molecule has 33 heavy (non-hydrogen) atoms. The van der Waals surface area contributed by atoms with Gasteiger partial charge in [0.1, 0.15) is 17.6 Å². The number of imidazole rings is 1. The van der Waals surface area contributed by atoms with E-state index in [-0.39, 0.29) is 0 Å². The fraction of sp³-hybridized carbons (Fsp3) is 0.143. The summed E-state index contributed by atoms with van der Waals surface area (Å²) in [7, 11) is 0. The van der Waals surface area contributed by atoms with Crippen LogP contribution < -0.4 is 0 Å². The van der Waals surface area contributed by atoms with Gasteiger partial charge in [-0.25, -0.2) is 4.98 Å². The molecule has 0 fully saturated rings. The van der Waals surface area contributed by atoms with Gasteiger partial charge in [-0.3, -0.25) is 19.2 Å². The number of hydrogen-bond acceptors (Lipinski definition) is 4. The van der Waals surface area contributed by atoms with Crippen molar-refractivity contribution in [2.75, 3.05) is 0 Å². The highest BCUT2D eigenvalue weighted by Gasteiger charge is 2.18. The second kappa shape index (κ2) is 10.0. The molecule has 0 amide bonds. The molecular formula is C28H26N4O. The number of pyridine rings is 2. The molecule has 4 aromatic rings. The summed E-state index contributed by atoms with van der Waals surface area (Å²) in [6.07, 6.45) is 11.5. The Hall–Kier alpha value is -4.12. The SMILES string of the molecule is CC/C=C(\C=C/N=Cc1ccc(C=O)cc1)c1c(-c2cccc(C)n2)nc2c(C)cccn12. The fourth-order valence-corrected chi connectivity index (χ4v) is 3.71. The van der Waals surface area contributed by atoms with Crippen LogP contribution in [0.4, 0.5) is 0 Å². The number of allylic oxidation sites excluding steroid dienone is 3. The summed E-state index contributed by atoms with van der Waals surface area (Å²) in [6.45, 7) is 6.17. The maximum Gasteiger partial charge on any atom is 0.150 e. The molecule has 0 radical (unpaired) electrons. The van der Waals surface area contributed by atoms with E-state index in [1.165, 1.54) is 0 Å². The molecule has 0 saturated carbocycles. The van der Waals surface area contributed by atoms with E-state index in [4.69, 9.17) is 9.97 Å². The van der Waals surface area contributed by atoms with Crippen LogP contribution in [0.3, 0.4) is 0 Å². The predicted molar refractivity (Wildman–Crippen MR) is 135 cm³/mol. The third-order valence-corrected chi connectivity index (χ3v) is 5.31. The first-order valence-corrected chi connectivity index (χ1v) is 11.0. The summed E-state index contributed by atoms with van der Waals surface area (Å²) in [5.74, 6) is 0. The first-order valence-electron chi connectivity index (χ1n) is 11.0. The minimum atomic E-state index is 0.649. The number of carbonyl (C=O) groups excluding carboxylic acids is 1. The predicted octanol–water partition coefficient (Wildman–Crippen LogP) is 6.25. The van der Waals surface area contributed by atoms with Crippen molar-refractivity contribution < 1.29 is 4.79 Å². The molecule has 0 aliphatic heterocycles. The molecule has 0 atom stereocenters. The van der Waals surface area contributed by atoms with Gasteiger partial charge < -0.3 is 0 Å². The highest BCUT2D eigenvalue weighted by Crippen LogP contribution is 2.31. The lowest BCUT2D eigenvalue weighted by Crippen LogP contribution is -1.95. The lowest BCUT2D eigenvalue weighted by Gasteiger charge is -2.07. The molecule has 3 heterocycles. The van der Waals surface area contributed by atoms with E-state index in [9.17, 15) is 4.79 Å². The van der Waals surface area contributed by atoms with Crippen molar-refractivity contribution in [1.82, 2.24) is 14.4 Å². The topological polar surface area (TPSA) is 59.6 Å². The van der Waals surface area contributed by atoms with Crippen molar-refractivity contribution in [2.45, 2.75) is 27.2 Å². The van der Waals surface area contributed by atoms with Crippen LogP contribution in [-0.2, 0) is 0 Å². The van der Waals surface area contributed by atoms with Crippen molar-refractivity contribution in [3.05, 3.63) is 107 Å². The van der Waals surface area contributed by atoms with Crippen LogP contribution in [0, 0.1) is 13.8 Å². The third kappa shape index (κ3) is 4.88. The summed E-state index contributed by atoms with van der Waals surface area (Å²) in [6, 6.07) is 17.4. The van der Waals surface area contributed by atoms with Gasteiger partial charge in [0.2, 0.25) is 0 Å². The Kier molecular flexibility index (Phi) is 6.69. The van der Waals surface area contributed by atoms with Crippen LogP contribution >= 0.6 is 0 Å². The van der Waals surface area contributed by atoms with E-state index >= 15 is 0 Å². The van der Waals surface area contributed by atoms with E-state index in [1.54, 1.807) is 24.5 Å². The normalized spacial score (nSPS) is 12.3. The average Bonchev–Trinajstić information content (AvgIpc) is 3.22. The minimum Gasteiger partial charge on any atom is -0.299 e. The maximum atomic E-state index is 10.8. The van der Waals surface area contributed by atoms with E-state index in [0.29, 0.717) is 5.56 Å².